The van der Waals surface area contributed by atoms with E-state index in [2.05, 4.69) is 127 Å². The standard InChI is InChI=1S/C42H26O/c1-3-15-30-28(4-2)29-17-7-5-6-16-27(29)26-38(30)41-34-21-10-8-19-32(34)40(33-20-9-11-22-35(33)41)37-24-14-23-36-31-18-12-13-25-39(31)43-42(36)37/h2-3,6,8-16,18-26H,5H2,1H3/b15-3-. The van der Waals surface area contributed by atoms with Gasteiger partial charge in [0.25, 0.3) is 0 Å². The average Bonchev–Trinajstić information content (AvgIpc) is 3.27. The maximum absolute atomic E-state index is 6.55. The quantitative estimate of drug-likeness (QED) is 0.159. The molecule has 0 saturated carbocycles. The molecule has 0 unspecified atom stereocenters. The van der Waals surface area contributed by atoms with Gasteiger partial charge in [0.2, 0.25) is 0 Å². The van der Waals surface area contributed by atoms with E-state index in [1.807, 2.05) is 19.1 Å². The fourth-order valence-corrected chi connectivity index (χ4v) is 6.72. The number of hydrogen-bond acceptors (Lipinski definition) is 1. The monoisotopic (exact) mass is 546 g/mol. The van der Waals surface area contributed by atoms with E-state index in [9.17, 15) is 0 Å². The number of benzene rings is 6. The zero-order valence-corrected chi connectivity index (χ0v) is 23.7. The lowest BCUT2D eigenvalue weighted by atomic mass is 9.82. The summed E-state index contributed by atoms with van der Waals surface area (Å²) >= 11 is 0. The third kappa shape index (κ3) is 3.76. The molecule has 0 spiro atoms. The van der Waals surface area contributed by atoms with Crippen LogP contribution in [0.1, 0.15) is 35.6 Å². The summed E-state index contributed by atoms with van der Waals surface area (Å²) in [6.45, 7) is 2.04. The zero-order valence-electron chi connectivity index (χ0n) is 23.7. The Morgan fingerprint density at radius 3 is 2.05 bits per heavy atom. The van der Waals surface area contributed by atoms with E-state index in [0.717, 1.165) is 55.3 Å². The van der Waals surface area contributed by atoms with Crippen LogP contribution in [0.15, 0.2) is 114 Å². The maximum Gasteiger partial charge on any atom is 0.143 e. The first-order chi connectivity index (χ1) is 21.3. The third-order valence-corrected chi connectivity index (χ3v) is 8.48. The van der Waals surface area contributed by atoms with Gasteiger partial charge in [-0.05, 0) is 62.9 Å². The van der Waals surface area contributed by atoms with Gasteiger partial charge < -0.3 is 4.42 Å². The number of fused-ring (bicyclic) bond motifs is 6. The van der Waals surface area contributed by atoms with Gasteiger partial charge >= 0.3 is 0 Å². The van der Waals surface area contributed by atoms with Gasteiger partial charge in [-0.25, -0.2) is 0 Å². The first kappa shape index (κ1) is 25.0. The van der Waals surface area contributed by atoms with Gasteiger partial charge in [0, 0.05) is 39.4 Å². The van der Waals surface area contributed by atoms with E-state index in [-0.39, 0.29) is 0 Å². The Kier molecular flexibility index (Phi) is 5.78. The Balaban J connectivity index is 1.55. The molecule has 0 fully saturated rings. The van der Waals surface area contributed by atoms with Gasteiger partial charge in [-0.2, -0.15) is 0 Å². The van der Waals surface area contributed by atoms with Crippen molar-refractivity contribution in [2.24, 2.45) is 0 Å². The van der Waals surface area contributed by atoms with Crippen LogP contribution in [0.3, 0.4) is 0 Å². The second-order valence-corrected chi connectivity index (χ2v) is 10.9. The van der Waals surface area contributed by atoms with Crippen LogP contribution in [-0.4, -0.2) is 0 Å². The van der Waals surface area contributed by atoms with Crippen LogP contribution < -0.4 is 0 Å². The predicted octanol–water partition coefficient (Wildman–Crippen LogP) is 11.0. The summed E-state index contributed by atoms with van der Waals surface area (Å²) in [4.78, 5) is 0. The van der Waals surface area contributed by atoms with Gasteiger partial charge in [0.05, 0.1) is 0 Å². The topological polar surface area (TPSA) is 13.1 Å². The lowest BCUT2D eigenvalue weighted by Gasteiger charge is -2.21. The minimum absolute atomic E-state index is 0.709. The fourth-order valence-electron chi connectivity index (χ4n) is 6.72. The van der Waals surface area contributed by atoms with E-state index < -0.39 is 0 Å². The molecule has 1 heterocycles. The van der Waals surface area contributed by atoms with E-state index in [4.69, 9.17) is 10.8 Å². The van der Waals surface area contributed by atoms with Gasteiger partial charge in [-0.15, -0.1) is 6.42 Å². The van der Waals surface area contributed by atoms with Gasteiger partial charge in [0.15, 0.2) is 0 Å². The number of furan rings is 1. The fraction of sp³-hybridized carbons (Fsp3) is 0.0476. The summed E-state index contributed by atoms with van der Waals surface area (Å²) in [5, 5.41) is 6.93. The molecule has 43 heavy (non-hydrogen) atoms. The zero-order chi connectivity index (χ0) is 28.9. The molecule has 0 bridgehead atoms. The molecular weight excluding hydrogens is 520 g/mol. The van der Waals surface area contributed by atoms with E-state index >= 15 is 0 Å². The number of rotatable bonds is 3. The van der Waals surface area contributed by atoms with Crippen LogP contribution in [0, 0.1) is 24.2 Å². The second-order valence-electron chi connectivity index (χ2n) is 10.9. The Bertz CT molecular complexity index is 2390. The summed E-state index contributed by atoms with van der Waals surface area (Å²) in [5.41, 5.74) is 10.2. The highest BCUT2D eigenvalue weighted by Gasteiger charge is 2.23. The molecule has 1 aromatic heterocycles. The molecule has 1 heteroatoms. The molecule has 0 radical (unpaired) electrons. The first-order valence-electron chi connectivity index (χ1n) is 14.6. The number of allylic oxidation sites excluding steroid dienone is 2. The van der Waals surface area contributed by atoms with Gasteiger partial charge in [-0.3, -0.25) is 0 Å². The molecule has 1 aliphatic rings. The summed E-state index contributed by atoms with van der Waals surface area (Å²) in [5.74, 6) is 9.62. The van der Waals surface area contributed by atoms with Crippen molar-refractivity contribution in [2.45, 2.75) is 13.3 Å². The SMILES string of the molecule is C#Cc1c2c(cc(-c3c4ccccc4c(-c4cccc5c4oc4ccccc45)c4ccccc34)c1/C=C\C)C=CCC#C2. The molecule has 1 aliphatic carbocycles. The summed E-state index contributed by atoms with van der Waals surface area (Å²) in [7, 11) is 0. The van der Waals surface area contributed by atoms with Crippen molar-refractivity contribution in [3.05, 3.63) is 131 Å². The van der Waals surface area contributed by atoms with E-state index in [1.54, 1.807) is 0 Å². The van der Waals surface area contributed by atoms with Crippen LogP contribution >= 0.6 is 0 Å². The van der Waals surface area contributed by atoms with Crippen molar-refractivity contribution in [1.82, 2.24) is 0 Å². The summed E-state index contributed by atoms with van der Waals surface area (Å²) < 4.78 is 6.55. The highest BCUT2D eigenvalue weighted by atomic mass is 16.3. The molecule has 7 aromatic rings. The molecule has 8 rings (SSSR count). The Morgan fingerprint density at radius 1 is 0.744 bits per heavy atom. The maximum atomic E-state index is 6.55. The summed E-state index contributed by atoms with van der Waals surface area (Å²) in [6, 6.07) is 34.4. The molecule has 0 N–H and O–H groups in total. The Hall–Kier alpha value is -5.76. The Morgan fingerprint density at radius 2 is 1.37 bits per heavy atom. The minimum Gasteiger partial charge on any atom is -0.455 e. The molecular formula is C42H26O. The van der Waals surface area contributed by atoms with Crippen LogP contribution in [0.25, 0.3) is 77.9 Å². The van der Waals surface area contributed by atoms with Crippen molar-refractivity contribution in [1.29, 1.82) is 0 Å². The normalized spacial score (nSPS) is 12.5. The smallest absolute Gasteiger partial charge is 0.143 e. The largest absolute Gasteiger partial charge is 0.455 e. The van der Waals surface area contributed by atoms with Crippen molar-refractivity contribution >= 4 is 55.6 Å². The molecule has 0 amide bonds. The van der Waals surface area contributed by atoms with Crippen molar-refractivity contribution in [3.8, 4) is 46.4 Å². The molecule has 0 aliphatic heterocycles. The van der Waals surface area contributed by atoms with Crippen LogP contribution in [0.5, 0.6) is 0 Å². The molecule has 1 nitrogen and oxygen atoms in total. The highest BCUT2D eigenvalue weighted by molar-refractivity contribution is 6.24. The molecule has 0 saturated heterocycles. The first-order valence-corrected chi connectivity index (χ1v) is 14.6. The van der Waals surface area contributed by atoms with Gasteiger partial charge in [-0.1, -0.05) is 127 Å². The third-order valence-electron chi connectivity index (χ3n) is 8.48. The Labute approximate surface area is 250 Å². The highest BCUT2D eigenvalue weighted by Crippen LogP contribution is 2.48. The second kappa shape index (κ2) is 9.95. The lowest BCUT2D eigenvalue weighted by molar-refractivity contribution is 0.670. The molecule has 6 aromatic carbocycles. The van der Waals surface area contributed by atoms with Crippen molar-refractivity contribution in [2.75, 3.05) is 0 Å². The predicted molar refractivity (Wildman–Crippen MR) is 183 cm³/mol. The number of hydrogen-bond donors (Lipinski definition) is 0. The van der Waals surface area contributed by atoms with Crippen LogP contribution in [0.2, 0.25) is 0 Å². The number of terminal acetylenes is 1. The minimum atomic E-state index is 0.709. The average molecular weight is 547 g/mol. The lowest BCUT2D eigenvalue weighted by Crippen LogP contribution is -1.99. The van der Waals surface area contributed by atoms with Crippen molar-refractivity contribution < 1.29 is 4.42 Å². The van der Waals surface area contributed by atoms with Crippen LogP contribution in [0.4, 0.5) is 0 Å². The van der Waals surface area contributed by atoms with Gasteiger partial charge in [0.1, 0.15) is 11.2 Å². The molecule has 200 valence electrons. The van der Waals surface area contributed by atoms with Crippen LogP contribution in [-0.2, 0) is 0 Å². The van der Waals surface area contributed by atoms with E-state index in [1.165, 1.54) is 32.7 Å². The molecule has 0 atom stereocenters. The summed E-state index contributed by atoms with van der Waals surface area (Å²) in [6.07, 6.45) is 15.4. The van der Waals surface area contributed by atoms with E-state index in [0.29, 0.717) is 6.42 Å². The van der Waals surface area contributed by atoms with Crippen molar-refractivity contribution in [3.63, 3.8) is 0 Å². The number of para-hydroxylation sites is 2.